The molecule has 144 valence electrons. The third-order valence-electron chi connectivity index (χ3n) is 5.26. The Morgan fingerprint density at radius 2 is 1.92 bits per heavy atom. The van der Waals surface area contributed by atoms with Gasteiger partial charge in [-0.3, -0.25) is 0 Å². The van der Waals surface area contributed by atoms with Gasteiger partial charge in [0.15, 0.2) is 0 Å². The Morgan fingerprint density at radius 3 is 2.69 bits per heavy atom. The van der Waals surface area contributed by atoms with Crippen LogP contribution >= 0.6 is 11.3 Å². The highest BCUT2D eigenvalue weighted by molar-refractivity contribution is 7.21. The fraction of sp³-hybridized carbons (Fsp3) is 0.591. The maximum atomic E-state index is 3.93. The van der Waals surface area contributed by atoms with Crippen molar-refractivity contribution in [3.05, 3.63) is 36.4 Å². The lowest BCUT2D eigenvalue weighted by molar-refractivity contribution is -0.659. The van der Waals surface area contributed by atoms with Crippen molar-refractivity contribution in [3.8, 4) is 0 Å². The van der Waals surface area contributed by atoms with E-state index in [4.69, 9.17) is 0 Å². The Bertz CT molecular complexity index is 695. The normalized spacial score (nSPS) is 13.5. The minimum atomic E-state index is 0. The lowest BCUT2D eigenvalue weighted by Gasteiger charge is -2.20. The highest BCUT2D eigenvalue weighted by atomic mass is 79.9. The second-order valence-corrected chi connectivity index (χ2v) is 8.27. The Kier molecular flexibility index (Phi) is 9.13. The van der Waals surface area contributed by atoms with Gasteiger partial charge in [0.1, 0.15) is 12.1 Å². The average Bonchev–Trinajstić information content (AvgIpc) is 3.02. The monoisotopic (exact) mass is 436 g/mol. The molecule has 0 atom stereocenters. The van der Waals surface area contributed by atoms with Crippen LogP contribution in [0.1, 0.15) is 63.9 Å². The van der Waals surface area contributed by atoms with E-state index in [0.717, 1.165) is 19.6 Å². The summed E-state index contributed by atoms with van der Waals surface area (Å²) in [6.45, 7) is 9.50. The number of rotatable bonds is 10. The van der Waals surface area contributed by atoms with Crippen molar-refractivity contribution < 1.29 is 21.5 Å². The Morgan fingerprint density at radius 1 is 1.15 bits per heavy atom. The van der Waals surface area contributed by atoms with Gasteiger partial charge in [-0.2, -0.15) is 0 Å². The maximum Gasteiger partial charge on any atom is 0.337 e. The number of fused-ring (bicyclic) bond motifs is 3. The Hall–Kier alpha value is -0.870. The van der Waals surface area contributed by atoms with Crippen LogP contribution in [0.5, 0.6) is 0 Å². The van der Waals surface area contributed by atoms with Crippen LogP contribution in [-0.4, -0.2) is 13.1 Å². The number of hydrogen-bond acceptors (Lipinski definition) is 2. The maximum absolute atomic E-state index is 3.93. The lowest BCUT2D eigenvalue weighted by atomic mass is 10.0. The molecule has 1 aromatic heterocycles. The summed E-state index contributed by atoms with van der Waals surface area (Å²) in [5, 5.41) is 1.42. The molecule has 4 heteroatoms. The zero-order valence-electron chi connectivity index (χ0n) is 16.2. The van der Waals surface area contributed by atoms with Gasteiger partial charge in [-0.1, -0.05) is 70.2 Å². The summed E-state index contributed by atoms with van der Waals surface area (Å²) in [5.41, 5.74) is 3.05. The number of nitrogens with zero attached hydrogens (tertiary/aromatic N) is 2. The average molecular weight is 437 g/mol. The van der Waals surface area contributed by atoms with E-state index in [1.54, 1.807) is 5.56 Å². The number of hydrogen-bond donors (Lipinski definition) is 0. The molecule has 2 nitrogen and oxygen atoms in total. The number of aryl methyl sites for hydroxylation is 2. The van der Waals surface area contributed by atoms with Crippen LogP contribution in [0.3, 0.4) is 0 Å². The van der Waals surface area contributed by atoms with Gasteiger partial charge in [-0.25, -0.2) is 9.47 Å². The molecule has 0 spiro atoms. The molecule has 0 bridgehead atoms. The van der Waals surface area contributed by atoms with Gasteiger partial charge in [0.25, 0.3) is 0 Å². The van der Waals surface area contributed by atoms with Crippen LogP contribution in [0.2, 0.25) is 0 Å². The number of unbranched alkanes of at least 4 members (excludes halogenated alkanes) is 6. The van der Waals surface area contributed by atoms with Gasteiger partial charge >= 0.3 is 5.13 Å². The summed E-state index contributed by atoms with van der Waals surface area (Å²) >= 11 is 1.96. The molecule has 0 saturated heterocycles. The summed E-state index contributed by atoms with van der Waals surface area (Å²) in [6, 6.07) is 6.90. The van der Waals surface area contributed by atoms with Crippen molar-refractivity contribution in [1.82, 2.24) is 0 Å². The molecule has 0 aliphatic carbocycles. The molecule has 0 N–H and O–H groups in total. The molecule has 0 radical (unpaired) electrons. The second kappa shape index (κ2) is 11.1. The first-order chi connectivity index (χ1) is 12.3. The standard InChI is InChI=1S/C22H33N2S.BrH/c1-3-5-6-7-8-9-10-13-19-14-11-15-20-21(19)24-18-12-17-23(16-4-2)22(24)25-20;/h4,11,14-15H,2-3,5-10,12-13,16-18H2,1H3;1H/q+1;/p-1. The van der Waals surface area contributed by atoms with Crippen LogP contribution in [0.25, 0.3) is 10.2 Å². The molecule has 26 heavy (non-hydrogen) atoms. The van der Waals surface area contributed by atoms with E-state index >= 15 is 0 Å². The Labute approximate surface area is 173 Å². The van der Waals surface area contributed by atoms with Crippen molar-refractivity contribution in [1.29, 1.82) is 0 Å². The highest BCUT2D eigenvalue weighted by Crippen LogP contribution is 2.31. The quantitative estimate of drug-likeness (QED) is 0.315. The molecule has 0 fully saturated rings. The topological polar surface area (TPSA) is 7.12 Å². The van der Waals surface area contributed by atoms with Gasteiger partial charge in [0.2, 0.25) is 0 Å². The van der Waals surface area contributed by atoms with E-state index in [1.807, 2.05) is 17.4 Å². The Balaban J connectivity index is 0.00000243. The first-order valence-electron chi connectivity index (χ1n) is 10.1. The molecule has 2 aromatic rings. The highest BCUT2D eigenvalue weighted by Gasteiger charge is 2.29. The van der Waals surface area contributed by atoms with E-state index in [1.165, 1.54) is 73.1 Å². The summed E-state index contributed by atoms with van der Waals surface area (Å²) in [7, 11) is 0. The van der Waals surface area contributed by atoms with Gasteiger partial charge in [0, 0.05) is 12.0 Å². The molecular weight excluding hydrogens is 404 g/mol. The van der Waals surface area contributed by atoms with Gasteiger partial charge in [-0.05, 0) is 30.2 Å². The number of anilines is 1. The van der Waals surface area contributed by atoms with Gasteiger partial charge in [-0.15, -0.1) is 0 Å². The molecule has 3 rings (SSSR count). The molecular formula is C22H33BrN2S. The largest absolute Gasteiger partial charge is 1.00 e. The first kappa shape index (κ1) is 21.4. The van der Waals surface area contributed by atoms with E-state index < -0.39 is 0 Å². The third-order valence-corrected chi connectivity index (χ3v) is 6.47. The molecule has 1 aliphatic heterocycles. The van der Waals surface area contributed by atoms with E-state index in [9.17, 15) is 0 Å². The van der Waals surface area contributed by atoms with Crippen LogP contribution in [0.4, 0.5) is 5.13 Å². The predicted octanol–water partition coefficient (Wildman–Crippen LogP) is 2.88. The second-order valence-electron chi connectivity index (χ2n) is 7.26. The zero-order chi connectivity index (χ0) is 17.5. The van der Waals surface area contributed by atoms with Crippen LogP contribution in [-0.2, 0) is 13.0 Å². The molecule has 2 heterocycles. The van der Waals surface area contributed by atoms with E-state index in [2.05, 4.69) is 41.2 Å². The summed E-state index contributed by atoms with van der Waals surface area (Å²) in [6.07, 6.45) is 14.2. The van der Waals surface area contributed by atoms with E-state index in [0.29, 0.717) is 0 Å². The smallest absolute Gasteiger partial charge is 0.337 e. The summed E-state index contributed by atoms with van der Waals surface area (Å²) < 4.78 is 4.02. The summed E-state index contributed by atoms with van der Waals surface area (Å²) in [5.74, 6) is 0. The van der Waals surface area contributed by atoms with Crippen LogP contribution < -0.4 is 26.4 Å². The van der Waals surface area contributed by atoms with Crippen molar-refractivity contribution in [2.24, 2.45) is 0 Å². The SMILES string of the molecule is C=CCN1CCC[n+]2c1sc1cccc(CCCCCCCCC)c12.[Br-]. The number of para-hydroxylation sites is 1. The third kappa shape index (κ3) is 5.10. The van der Waals surface area contributed by atoms with Crippen molar-refractivity contribution >= 4 is 26.7 Å². The minimum absolute atomic E-state index is 0. The van der Waals surface area contributed by atoms with Crippen LogP contribution in [0, 0.1) is 0 Å². The molecule has 1 aliphatic rings. The van der Waals surface area contributed by atoms with Gasteiger partial charge in [0.05, 0.1) is 17.8 Å². The fourth-order valence-corrected chi connectivity index (χ4v) is 5.23. The lowest BCUT2D eigenvalue weighted by Crippen LogP contribution is -3.00. The number of halogens is 1. The molecule has 0 unspecified atom stereocenters. The van der Waals surface area contributed by atoms with E-state index in [-0.39, 0.29) is 17.0 Å². The van der Waals surface area contributed by atoms with Crippen molar-refractivity contribution in [3.63, 3.8) is 0 Å². The number of benzene rings is 1. The van der Waals surface area contributed by atoms with Crippen molar-refractivity contribution in [2.45, 2.75) is 71.3 Å². The first-order valence-corrected chi connectivity index (χ1v) is 11.0. The zero-order valence-corrected chi connectivity index (χ0v) is 18.6. The number of thiazole rings is 1. The van der Waals surface area contributed by atoms with Crippen LogP contribution in [0.15, 0.2) is 30.9 Å². The van der Waals surface area contributed by atoms with Crippen molar-refractivity contribution in [2.75, 3.05) is 18.0 Å². The minimum Gasteiger partial charge on any atom is -1.00 e. The number of aromatic nitrogens is 1. The van der Waals surface area contributed by atoms with Gasteiger partial charge < -0.3 is 17.0 Å². The molecule has 0 saturated carbocycles. The molecule has 1 aromatic carbocycles. The summed E-state index contributed by atoms with van der Waals surface area (Å²) in [4.78, 5) is 2.48. The molecule has 0 amide bonds. The predicted molar refractivity (Wildman–Crippen MR) is 111 cm³/mol. The fourth-order valence-electron chi connectivity index (χ4n) is 3.96.